The largest absolute Gasteiger partial charge is 0.462 e. The molecular weight excluding hydrogens is 414 g/mol. The van der Waals surface area contributed by atoms with Crippen molar-refractivity contribution in [2.24, 2.45) is 7.05 Å². The molecule has 0 saturated heterocycles. The molecule has 0 spiro atoms. The molecule has 0 aliphatic carbocycles. The topological polar surface area (TPSA) is 81.9 Å². The number of ether oxygens (including phenoxy) is 1. The first-order chi connectivity index (χ1) is 16.0. The third kappa shape index (κ3) is 3.78. The maximum atomic E-state index is 12.0. The van der Waals surface area contributed by atoms with Gasteiger partial charge in [-0.1, -0.05) is 36.4 Å². The molecule has 0 radical (unpaired) electrons. The van der Waals surface area contributed by atoms with Crippen molar-refractivity contribution in [1.82, 2.24) is 19.7 Å². The zero-order valence-corrected chi connectivity index (χ0v) is 18.7. The predicted molar refractivity (Wildman–Crippen MR) is 130 cm³/mol. The third-order valence-electron chi connectivity index (χ3n) is 5.72. The monoisotopic (exact) mass is 437 g/mol. The van der Waals surface area contributed by atoms with Crippen LogP contribution in [0.2, 0.25) is 0 Å². The molecule has 0 unspecified atom stereocenters. The number of imidazole rings is 1. The number of aromatic nitrogens is 4. The number of nitrogens with one attached hydrogen (secondary N) is 1. The standard InChI is InChI=1S/C26H23N5O2/c1-4-33-26(32)18-11-9-17(10-12-18)24-20-7-5-6-8-21(20)25(30-29-24)28-19-13-14-23-22(15-19)27-16(2)31(23)3/h5-15H,4H2,1-3H3,(H,28,30). The van der Waals surface area contributed by atoms with E-state index in [2.05, 4.69) is 25.1 Å². The van der Waals surface area contributed by atoms with Crippen molar-refractivity contribution in [3.63, 3.8) is 0 Å². The average molecular weight is 438 g/mol. The van der Waals surface area contributed by atoms with Crippen LogP contribution in [0.3, 0.4) is 0 Å². The Morgan fingerprint density at radius 3 is 2.52 bits per heavy atom. The quantitative estimate of drug-likeness (QED) is 0.370. The average Bonchev–Trinajstić information content (AvgIpc) is 3.12. The van der Waals surface area contributed by atoms with E-state index in [1.54, 1.807) is 19.1 Å². The van der Waals surface area contributed by atoms with Gasteiger partial charge in [0.2, 0.25) is 0 Å². The molecule has 2 heterocycles. The summed E-state index contributed by atoms with van der Waals surface area (Å²) < 4.78 is 7.14. The summed E-state index contributed by atoms with van der Waals surface area (Å²) in [6.07, 6.45) is 0. The summed E-state index contributed by atoms with van der Waals surface area (Å²) in [5.74, 6) is 1.30. The van der Waals surface area contributed by atoms with E-state index in [1.165, 1.54) is 0 Å². The molecule has 7 nitrogen and oxygen atoms in total. The van der Waals surface area contributed by atoms with Crippen molar-refractivity contribution in [3.8, 4) is 11.3 Å². The van der Waals surface area contributed by atoms with Crippen molar-refractivity contribution in [1.29, 1.82) is 0 Å². The Labute approximate surface area is 191 Å². The molecule has 0 bridgehead atoms. The molecule has 0 saturated carbocycles. The maximum Gasteiger partial charge on any atom is 0.338 e. The summed E-state index contributed by atoms with van der Waals surface area (Å²) in [5.41, 5.74) is 5.04. The Bertz CT molecular complexity index is 1490. The van der Waals surface area contributed by atoms with Gasteiger partial charge in [-0.2, -0.15) is 0 Å². The van der Waals surface area contributed by atoms with Gasteiger partial charge in [0.25, 0.3) is 0 Å². The number of benzene rings is 3. The first-order valence-corrected chi connectivity index (χ1v) is 10.8. The molecule has 0 atom stereocenters. The minimum Gasteiger partial charge on any atom is -0.462 e. The molecular formula is C26H23N5O2. The molecule has 0 aliphatic rings. The van der Waals surface area contributed by atoms with E-state index in [0.29, 0.717) is 18.0 Å². The van der Waals surface area contributed by atoms with Crippen LogP contribution < -0.4 is 5.32 Å². The molecule has 33 heavy (non-hydrogen) atoms. The van der Waals surface area contributed by atoms with Crippen LogP contribution in [0.5, 0.6) is 0 Å². The van der Waals surface area contributed by atoms with E-state index in [1.807, 2.05) is 68.6 Å². The fourth-order valence-corrected chi connectivity index (χ4v) is 3.92. The highest BCUT2D eigenvalue weighted by molar-refractivity contribution is 6.01. The number of anilines is 2. The van der Waals surface area contributed by atoms with Gasteiger partial charge in [0.05, 0.1) is 23.2 Å². The summed E-state index contributed by atoms with van der Waals surface area (Å²) in [5, 5.41) is 14.3. The Morgan fingerprint density at radius 1 is 1.00 bits per heavy atom. The fourth-order valence-electron chi connectivity index (χ4n) is 3.92. The van der Waals surface area contributed by atoms with Gasteiger partial charge in [-0.25, -0.2) is 9.78 Å². The minimum atomic E-state index is -0.334. The van der Waals surface area contributed by atoms with Crippen LogP contribution in [-0.4, -0.2) is 32.3 Å². The van der Waals surface area contributed by atoms with E-state index < -0.39 is 0 Å². The van der Waals surface area contributed by atoms with Crippen molar-refractivity contribution in [3.05, 3.63) is 78.1 Å². The first kappa shape index (κ1) is 20.6. The van der Waals surface area contributed by atoms with E-state index in [0.717, 1.165) is 44.6 Å². The molecule has 5 rings (SSSR count). The number of rotatable bonds is 5. The molecule has 0 fully saturated rings. The number of carbonyl (C=O) groups excluding carboxylic acids is 1. The lowest BCUT2D eigenvalue weighted by Gasteiger charge is -2.12. The fraction of sp³-hybridized carbons (Fsp3) is 0.154. The van der Waals surface area contributed by atoms with Crippen LogP contribution in [-0.2, 0) is 11.8 Å². The van der Waals surface area contributed by atoms with E-state index >= 15 is 0 Å². The number of hydrogen-bond acceptors (Lipinski definition) is 6. The van der Waals surface area contributed by atoms with Crippen LogP contribution in [0.25, 0.3) is 33.1 Å². The second-order valence-electron chi connectivity index (χ2n) is 7.79. The van der Waals surface area contributed by atoms with Gasteiger partial charge in [0.15, 0.2) is 5.82 Å². The highest BCUT2D eigenvalue weighted by Crippen LogP contribution is 2.32. The number of aryl methyl sites for hydroxylation is 2. The van der Waals surface area contributed by atoms with Gasteiger partial charge in [-0.05, 0) is 44.2 Å². The minimum absolute atomic E-state index is 0.334. The van der Waals surface area contributed by atoms with Crippen LogP contribution in [0.1, 0.15) is 23.1 Å². The van der Waals surface area contributed by atoms with Crippen molar-refractivity contribution in [2.75, 3.05) is 11.9 Å². The summed E-state index contributed by atoms with van der Waals surface area (Å²) >= 11 is 0. The smallest absolute Gasteiger partial charge is 0.338 e. The lowest BCUT2D eigenvalue weighted by atomic mass is 10.0. The second kappa shape index (κ2) is 8.35. The summed E-state index contributed by atoms with van der Waals surface area (Å²) in [6.45, 7) is 4.13. The lowest BCUT2D eigenvalue weighted by Crippen LogP contribution is -2.04. The van der Waals surface area contributed by atoms with E-state index in [-0.39, 0.29) is 5.97 Å². The van der Waals surface area contributed by atoms with Gasteiger partial charge in [0, 0.05) is 29.1 Å². The number of nitrogens with zero attached hydrogens (tertiary/aromatic N) is 4. The molecule has 0 aliphatic heterocycles. The van der Waals surface area contributed by atoms with Gasteiger partial charge < -0.3 is 14.6 Å². The Balaban J connectivity index is 1.51. The van der Waals surface area contributed by atoms with Crippen LogP contribution in [0.15, 0.2) is 66.7 Å². The van der Waals surface area contributed by atoms with Crippen molar-refractivity contribution >= 4 is 39.3 Å². The van der Waals surface area contributed by atoms with E-state index in [4.69, 9.17) is 4.74 Å². The Morgan fingerprint density at radius 2 is 1.76 bits per heavy atom. The maximum absolute atomic E-state index is 12.0. The molecule has 3 aromatic carbocycles. The highest BCUT2D eigenvalue weighted by Gasteiger charge is 2.13. The predicted octanol–water partition coefficient (Wildman–Crippen LogP) is 5.41. The zero-order valence-electron chi connectivity index (χ0n) is 18.7. The van der Waals surface area contributed by atoms with Gasteiger partial charge in [-0.15, -0.1) is 10.2 Å². The lowest BCUT2D eigenvalue weighted by molar-refractivity contribution is 0.0526. The van der Waals surface area contributed by atoms with E-state index in [9.17, 15) is 4.79 Å². The molecule has 0 amide bonds. The summed E-state index contributed by atoms with van der Waals surface area (Å²) in [6, 6.07) is 21.3. The second-order valence-corrected chi connectivity index (χ2v) is 7.79. The summed E-state index contributed by atoms with van der Waals surface area (Å²) in [4.78, 5) is 16.6. The Hall–Kier alpha value is -4.26. The molecule has 7 heteroatoms. The number of fused-ring (bicyclic) bond motifs is 2. The van der Waals surface area contributed by atoms with Crippen LogP contribution in [0.4, 0.5) is 11.5 Å². The first-order valence-electron chi connectivity index (χ1n) is 10.8. The zero-order chi connectivity index (χ0) is 22.9. The Kier molecular flexibility index (Phi) is 5.22. The molecule has 1 N–H and O–H groups in total. The van der Waals surface area contributed by atoms with Crippen molar-refractivity contribution < 1.29 is 9.53 Å². The number of hydrogen-bond donors (Lipinski definition) is 1. The van der Waals surface area contributed by atoms with Gasteiger partial charge in [0.1, 0.15) is 11.5 Å². The SMILES string of the molecule is CCOC(=O)c1ccc(-c2nnc(Nc3ccc4c(c3)nc(C)n4C)c3ccccc23)cc1. The summed E-state index contributed by atoms with van der Waals surface area (Å²) in [7, 11) is 2.01. The van der Waals surface area contributed by atoms with Gasteiger partial charge in [-0.3, -0.25) is 0 Å². The number of carbonyl (C=O) groups is 1. The van der Waals surface area contributed by atoms with Crippen LogP contribution >= 0.6 is 0 Å². The highest BCUT2D eigenvalue weighted by atomic mass is 16.5. The van der Waals surface area contributed by atoms with Crippen LogP contribution in [0, 0.1) is 6.92 Å². The number of esters is 1. The normalized spacial score (nSPS) is 11.1. The molecule has 164 valence electrons. The van der Waals surface area contributed by atoms with Gasteiger partial charge >= 0.3 is 5.97 Å². The molecule has 2 aromatic heterocycles. The third-order valence-corrected chi connectivity index (χ3v) is 5.72. The van der Waals surface area contributed by atoms with Crippen molar-refractivity contribution in [2.45, 2.75) is 13.8 Å². The molecule has 5 aromatic rings.